The average molecular weight is 357 g/mol. The Labute approximate surface area is 147 Å². The van der Waals surface area contributed by atoms with Crippen LogP contribution >= 0.6 is 11.8 Å². The first-order valence-electron chi connectivity index (χ1n) is 7.38. The van der Waals surface area contributed by atoms with Crippen molar-refractivity contribution in [3.05, 3.63) is 42.6 Å². The van der Waals surface area contributed by atoms with Crippen LogP contribution in [0.25, 0.3) is 11.6 Å². The summed E-state index contributed by atoms with van der Waals surface area (Å²) in [5.41, 5.74) is 1.93. The molecule has 128 valence electrons. The summed E-state index contributed by atoms with van der Waals surface area (Å²) < 4.78 is 5.47. The molecule has 0 saturated carbocycles. The van der Waals surface area contributed by atoms with Crippen LogP contribution in [0.2, 0.25) is 0 Å². The van der Waals surface area contributed by atoms with Crippen molar-refractivity contribution in [3.63, 3.8) is 0 Å². The summed E-state index contributed by atoms with van der Waals surface area (Å²) >= 11 is 1.14. The normalized spacial score (nSPS) is 10.4. The molecule has 1 aromatic carbocycles. The van der Waals surface area contributed by atoms with Gasteiger partial charge < -0.3 is 20.0 Å². The minimum absolute atomic E-state index is 0.122. The fraction of sp³-hybridized carbons (Fsp3) is 0.125. The van der Waals surface area contributed by atoms with Gasteiger partial charge >= 0.3 is 0 Å². The molecule has 0 radical (unpaired) electrons. The number of carbonyl (C=O) groups is 2. The third kappa shape index (κ3) is 4.70. The van der Waals surface area contributed by atoms with Gasteiger partial charge in [0.2, 0.25) is 11.8 Å². The molecule has 3 rings (SSSR count). The number of nitrogens with zero attached hydrogens (tertiary/aromatic N) is 2. The summed E-state index contributed by atoms with van der Waals surface area (Å²) in [4.78, 5) is 26.1. The molecule has 0 saturated heterocycles. The predicted octanol–water partition coefficient (Wildman–Crippen LogP) is 2.75. The van der Waals surface area contributed by atoms with Crippen molar-refractivity contribution in [2.75, 3.05) is 16.4 Å². The van der Waals surface area contributed by atoms with Gasteiger partial charge in [0.25, 0.3) is 11.1 Å². The van der Waals surface area contributed by atoms with E-state index >= 15 is 0 Å². The van der Waals surface area contributed by atoms with Crippen molar-refractivity contribution in [2.45, 2.75) is 12.1 Å². The van der Waals surface area contributed by atoms with E-state index in [0.717, 1.165) is 17.5 Å². The maximum Gasteiger partial charge on any atom is 0.277 e. The molecule has 25 heavy (non-hydrogen) atoms. The van der Waals surface area contributed by atoms with E-state index in [1.54, 1.807) is 30.5 Å². The summed E-state index contributed by atoms with van der Waals surface area (Å²) in [5, 5.41) is 13.5. The second kappa shape index (κ2) is 7.67. The summed E-state index contributed by atoms with van der Waals surface area (Å²) in [6, 6.07) is 10.6. The molecule has 3 N–H and O–H groups in total. The summed E-state index contributed by atoms with van der Waals surface area (Å²) in [7, 11) is 0. The van der Waals surface area contributed by atoms with Crippen molar-refractivity contribution in [2.24, 2.45) is 0 Å². The number of H-pyrrole nitrogens is 1. The Kier molecular flexibility index (Phi) is 5.14. The van der Waals surface area contributed by atoms with Crippen LogP contribution in [0.1, 0.15) is 6.92 Å². The molecule has 0 unspecified atom stereocenters. The van der Waals surface area contributed by atoms with Crippen LogP contribution in [0, 0.1) is 0 Å². The predicted molar refractivity (Wildman–Crippen MR) is 94.2 cm³/mol. The molecular formula is C16H15N5O3S. The Morgan fingerprint density at radius 2 is 1.96 bits per heavy atom. The highest BCUT2D eigenvalue weighted by atomic mass is 32.2. The lowest BCUT2D eigenvalue weighted by Crippen LogP contribution is -2.14. The molecule has 0 aliphatic carbocycles. The molecule has 0 bridgehead atoms. The molecule has 0 aliphatic rings. The number of nitrogens with one attached hydrogen (secondary N) is 3. The highest BCUT2D eigenvalue weighted by molar-refractivity contribution is 7.99. The van der Waals surface area contributed by atoms with Gasteiger partial charge in [0.1, 0.15) is 5.69 Å². The lowest BCUT2D eigenvalue weighted by molar-refractivity contribution is -0.114. The number of hydrogen-bond donors (Lipinski definition) is 3. The van der Waals surface area contributed by atoms with Gasteiger partial charge in [0, 0.05) is 24.5 Å². The Morgan fingerprint density at radius 3 is 2.68 bits per heavy atom. The largest absolute Gasteiger partial charge is 0.410 e. The van der Waals surface area contributed by atoms with Gasteiger partial charge in [-0.25, -0.2) is 0 Å². The molecule has 8 nitrogen and oxygen atoms in total. The number of hydrogen-bond acceptors (Lipinski definition) is 6. The van der Waals surface area contributed by atoms with E-state index in [-0.39, 0.29) is 17.6 Å². The molecular weight excluding hydrogens is 342 g/mol. The first kappa shape index (κ1) is 16.8. The number of anilines is 2. The lowest BCUT2D eigenvalue weighted by atomic mass is 10.2. The van der Waals surface area contributed by atoms with Gasteiger partial charge in [0.05, 0.1) is 5.75 Å². The standard InChI is InChI=1S/C16H15N5O3S/c1-10(22)18-11-4-2-5-12(8-11)19-14(23)9-25-16-21-20-15(24-16)13-6-3-7-17-13/h2-8,17H,9H2,1H3,(H,18,22)(H,19,23). The van der Waals surface area contributed by atoms with Crippen molar-refractivity contribution in [3.8, 4) is 11.6 Å². The number of amides is 2. The highest BCUT2D eigenvalue weighted by Gasteiger charge is 2.12. The minimum atomic E-state index is -0.218. The maximum absolute atomic E-state index is 12.0. The van der Waals surface area contributed by atoms with Crippen LogP contribution < -0.4 is 10.6 Å². The van der Waals surface area contributed by atoms with Crippen molar-refractivity contribution in [1.82, 2.24) is 15.2 Å². The Balaban J connectivity index is 1.54. The van der Waals surface area contributed by atoms with E-state index in [1.165, 1.54) is 6.92 Å². The molecule has 0 aliphatic heterocycles. The third-order valence-electron chi connectivity index (χ3n) is 3.03. The zero-order valence-corrected chi connectivity index (χ0v) is 14.1. The second-order valence-electron chi connectivity index (χ2n) is 5.06. The summed E-state index contributed by atoms with van der Waals surface area (Å²) in [6.45, 7) is 1.42. The molecule has 2 aromatic heterocycles. The third-order valence-corrected chi connectivity index (χ3v) is 3.85. The number of aromatic nitrogens is 3. The monoisotopic (exact) mass is 357 g/mol. The van der Waals surface area contributed by atoms with Crippen molar-refractivity contribution < 1.29 is 14.0 Å². The lowest BCUT2D eigenvalue weighted by Gasteiger charge is -2.07. The summed E-state index contributed by atoms with van der Waals surface area (Å²) in [5.74, 6) is 0.102. The van der Waals surface area contributed by atoms with E-state index in [4.69, 9.17) is 4.42 Å². The Bertz CT molecular complexity index is 876. The van der Waals surface area contributed by atoms with Crippen LogP contribution in [0.15, 0.2) is 52.2 Å². The number of aromatic amines is 1. The van der Waals surface area contributed by atoms with Gasteiger partial charge in [0.15, 0.2) is 0 Å². The van der Waals surface area contributed by atoms with E-state index in [0.29, 0.717) is 22.5 Å². The SMILES string of the molecule is CC(=O)Nc1cccc(NC(=O)CSc2nnc(-c3ccc[nH]3)o2)c1. The average Bonchev–Trinajstić information content (AvgIpc) is 3.24. The molecule has 2 heterocycles. The zero-order valence-electron chi connectivity index (χ0n) is 13.3. The summed E-state index contributed by atoms with van der Waals surface area (Å²) in [6.07, 6.45) is 1.76. The van der Waals surface area contributed by atoms with E-state index in [2.05, 4.69) is 25.8 Å². The van der Waals surface area contributed by atoms with E-state index in [1.807, 2.05) is 12.1 Å². The van der Waals surface area contributed by atoms with Gasteiger partial charge in [-0.15, -0.1) is 10.2 Å². The molecule has 0 atom stereocenters. The first-order chi connectivity index (χ1) is 12.1. The number of carbonyl (C=O) groups excluding carboxylic acids is 2. The van der Waals surface area contributed by atoms with Gasteiger partial charge in [-0.2, -0.15) is 0 Å². The second-order valence-corrected chi connectivity index (χ2v) is 5.98. The smallest absolute Gasteiger partial charge is 0.277 e. The topological polar surface area (TPSA) is 113 Å². The fourth-order valence-electron chi connectivity index (χ4n) is 2.04. The quantitative estimate of drug-likeness (QED) is 0.585. The molecule has 2 amide bonds. The molecule has 0 spiro atoms. The van der Waals surface area contributed by atoms with Crippen LogP contribution in [0.4, 0.5) is 11.4 Å². The van der Waals surface area contributed by atoms with Crippen LogP contribution in [0.5, 0.6) is 0 Å². The van der Waals surface area contributed by atoms with Gasteiger partial charge in [-0.05, 0) is 30.3 Å². The first-order valence-corrected chi connectivity index (χ1v) is 8.36. The van der Waals surface area contributed by atoms with Crippen LogP contribution in [-0.4, -0.2) is 32.7 Å². The number of rotatable bonds is 6. The Hall–Kier alpha value is -3.07. The van der Waals surface area contributed by atoms with Gasteiger partial charge in [-0.3, -0.25) is 9.59 Å². The van der Waals surface area contributed by atoms with Crippen LogP contribution in [0.3, 0.4) is 0 Å². The highest BCUT2D eigenvalue weighted by Crippen LogP contribution is 2.22. The zero-order chi connectivity index (χ0) is 17.6. The van der Waals surface area contributed by atoms with Gasteiger partial charge in [-0.1, -0.05) is 17.8 Å². The molecule has 3 aromatic rings. The molecule has 9 heteroatoms. The van der Waals surface area contributed by atoms with E-state index < -0.39 is 0 Å². The fourth-order valence-corrected chi connectivity index (χ4v) is 2.61. The molecule has 0 fully saturated rings. The minimum Gasteiger partial charge on any atom is -0.410 e. The van der Waals surface area contributed by atoms with Crippen molar-refractivity contribution >= 4 is 35.0 Å². The van der Waals surface area contributed by atoms with E-state index in [9.17, 15) is 9.59 Å². The number of benzene rings is 1. The van der Waals surface area contributed by atoms with Crippen LogP contribution in [-0.2, 0) is 9.59 Å². The van der Waals surface area contributed by atoms with Crippen molar-refractivity contribution in [1.29, 1.82) is 0 Å². The maximum atomic E-state index is 12.0. The number of thioether (sulfide) groups is 1. The Morgan fingerprint density at radius 1 is 1.16 bits per heavy atom.